The van der Waals surface area contributed by atoms with Crippen LogP contribution in [0.15, 0.2) is 53.1 Å². The van der Waals surface area contributed by atoms with Crippen molar-refractivity contribution < 1.29 is 4.52 Å². The molecule has 1 unspecified atom stereocenters. The predicted molar refractivity (Wildman–Crippen MR) is 81.4 cm³/mol. The second-order valence-corrected chi connectivity index (χ2v) is 5.10. The van der Waals surface area contributed by atoms with E-state index in [2.05, 4.69) is 24.2 Å². The summed E-state index contributed by atoms with van der Waals surface area (Å²) in [6.07, 6.45) is 1.86. The van der Waals surface area contributed by atoms with E-state index < -0.39 is 0 Å². The second-order valence-electron chi connectivity index (χ2n) is 5.10. The Bertz CT molecular complexity index is 703. The molecule has 3 aromatic rings. The van der Waals surface area contributed by atoms with E-state index >= 15 is 0 Å². The molecule has 2 N–H and O–H groups in total. The van der Waals surface area contributed by atoms with Gasteiger partial charge >= 0.3 is 0 Å². The lowest BCUT2D eigenvalue weighted by Gasteiger charge is -2.08. The largest absolute Gasteiger partial charge is 0.355 e. The molecule has 3 heteroatoms. The van der Waals surface area contributed by atoms with Crippen molar-refractivity contribution in [1.29, 1.82) is 0 Å². The zero-order chi connectivity index (χ0) is 13.9. The Kier molecular flexibility index (Phi) is 3.52. The summed E-state index contributed by atoms with van der Waals surface area (Å²) in [5, 5.41) is 5.18. The Hall–Kier alpha value is -2.13. The highest BCUT2D eigenvalue weighted by molar-refractivity contribution is 5.91. The highest BCUT2D eigenvalue weighted by Gasteiger charge is 2.11. The van der Waals surface area contributed by atoms with E-state index in [4.69, 9.17) is 10.3 Å². The molecule has 0 saturated heterocycles. The molecule has 0 spiro atoms. The van der Waals surface area contributed by atoms with Gasteiger partial charge in [-0.3, -0.25) is 0 Å². The van der Waals surface area contributed by atoms with Crippen molar-refractivity contribution in [3.63, 3.8) is 0 Å². The summed E-state index contributed by atoms with van der Waals surface area (Å²) in [4.78, 5) is 0. The molecule has 0 bridgehead atoms. The van der Waals surface area contributed by atoms with Crippen molar-refractivity contribution in [3.05, 3.63) is 54.1 Å². The second kappa shape index (κ2) is 5.47. The van der Waals surface area contributed by atoms with E-state index in [-0.39, 0.29) is 6.04 Å². The molecule has 3 rings (SSSR count). The van der Waals surface area contributed by atoms with Gasteiger partial charge in [0.2, 0.25) is 0 Å². The number of rotatable bonds is 4. The maximum atomic E-state index is 6.03. The lowest BCUT2D eigenvalue weighted by Crippen LogP contribution is -2.21. The van der Waals surface area contributed by atoms with E-state index in [1.165, 1.54) is 5.56 Å². The highest BCUT2D eigenvalue weighted by Crippen LogP contribution is 2.29. The van der Waals surface area contributed by atoms with Crippen LogP contribution in [0.3, 0.4) is 0 Å². The van der Waals surface area contributed by atoms with E-state index in [0.29, 0.717) is 0 Å². The van der Waals surface area contributed by atoms with Gasteiger partial charge in [-0.1, -0.05) is 48.5 Å². The summed E-state index contributed by atoms with van der Waals surface area (Å²) in [7, 11) is 0. The smallest absolute Gasteiger partial charge is 0.174 e. The molecule has 0 fully saturated rings. The molecule has 0 saturated carbocycles. The van der Waals surface area contributed by atoms with E-state index in [0.717, 1.165) is 35.1 Å². The Morgan fingerprint density at radius 3 is 2.70 bits per heavy atom. The van der Waals surface area contributed by atoms with Crippen molar-refractivity contribution in [2.45, 2.75) is 25.8 Å². The van der Waals surface area contributed by atoms with Gasteiger partial charge < -0.3 is 10.3 Å². The van der Waals surface area contributed by atoms with Gasteiger partial charge in [0.05, 0.1) is 0 Å². The average molecular weight is 266 g/mol. The number of hydrogen-bond donors (Lipinski definition) is 1. The topological polar surface area (TPSA) is 52.0 Å². The molecule has 0 aliphatic heterocycles. The van der Waals surface area contributed by atoms with E-state index in [9.17, 15) is 0 Å². The van der Waals surface area contributed by atoms with Crippen LogP contribution in [0.1, 0.15) is 18.9 Å². The first-order valence-electron chi connectivity index (χ1n) is 6.97. The number of hydrogen-bond acceptors (Lipinski definition) is 3. The van der Waals surface area contributed by atoms with Gasteiger partial charge in [0, 0.05) is 17.0 Å². The van der Waals surface area contributed by atoms with Crippen LogP contribution in [-0.4, -0.2) is 11.2 Å². The number of nitrogens with two attached hydrogens (primary N) is 1. The highest BCUT2D eigenvalue weighted by atomic mass is 16.5. The molecule has 0 radical (unpaired) electrons. The molecule has 102 valence electrons. The minimum atomic E-state index is 0.201. The molecule has 0 aliphatic carbocycles. The van der Waals surface area contributed by atoms with Crippen LogP contribution in [-0.2, 0) is 6.42 Å². The average Bonchev–Trinajstić information content (AvgIpc) is 2.91. The van der Waals surface area contributed by atoms with E-state index in [1.54, 1.807) is 0 Å². The first-order chi connectivity index (χ1) is 9.78. The van der Waals surface area contributed by atoms with Crippen LogP contribution in [0, 0.1) is 0 Å². The lowest BCUT2D eigenvalue weighted by molar-refractivity contribution is 0.441. The van der Waals surface area contributed by atoms with Crippen molar-refractivity contribution in [2.24, 2.45) is 5.73 Å². The molecule has 1 heterocycles. The third-order valence-electron chi connectivity index (χ3n) is 3.60. The van der Waals surface area contributed by atoms with Crippen molar-refractivity contribution >= 4 is 10.9 Å². The SMILES string of the molecule is CCC(N)Cc1ccc2noc(-c3ccccc3)c2c1. The zero-order valence-electron chi connectivity index (χ0n) is 11.5. The molecule has 1 aromatic heterocycles. The first-order valence-corrected chi connectivity index (χ1v) is 6.97. The third kappa shape index (κ3) is 2.45. The fourth-order valence-corrected chi connectivity index (χ4v) is 2.36. The summed E-state index contributed by atoms with van der Waals surface area (Å²) >= 11 is 0. The summed E-state index contributed by atoms with van der Waals surface area (Å²) in [5.74, 6) is 0.826. The van der Waals surface area contributed by atoms with Crippen LogP contribution in [0.4, 0.5) is 0 Å². The fourth-order valence-electron chi connectivity index (χ4n) is 2.36. The van der Waals surface area contributed by atoms with Gasteiger partial charge in [0.25, 0.3) is 0 Å². The van der Waals surface area contributed by atoms with E-state index in [1.807, 2.05) is 36.4 Å². The monoisotopic (exact) mass is 266 g/mol. The molecule has 0 aliphatic rings. The maximum absolute atomic E-state index is 6.03. The first kappa shape index (κ1) is 12.9. The normalized spacial score (nSPS) is 12.7. The predicted octanol–water partition coefficient (Wildman–Crippen LogP) is 3.77. The Labute approximate surface area is 118 Å². The standard InChI is InChI=1S/C17H18N2O/c1-2-14(18)10-12-8-9-16-15(11-12)17(20-19-16)13-6-4-3-5-7-13/h3-9,11,14H,2,10,18H2,1H3. The molecule has 20 heavy (non-hydrogen) atoms. The van der Waals surface area contributed by atoms with Crippen LogP contribution in [0.5, 0.6) is 0 Å². The van der Waals surface area contributed by atoms with Crippen LogP contribution >= 0.6 is 0 Å². The Balaban J connectivity index is 2.04. The lowest BCUT2D eigenvalue weighted by atomic mass is 10.0. The van der Waals surface area contributed by atoms with Crippen LogP contribution in [0.25, 0.3) is 22.2 Å². The Morgan fingerprint density at radius 1 is 1.15 bits per heavy atom. The van der Waals surface area contributed by atoms with Gasteiger partial charge in [-0.25, -0.2) is 0 Å². The number of benzene rings is 2. The van der Waals surface area contributed by atoms with Gasteiger partial charge in [0.1, 0.15) is 5.52 Å². The van der Waals surface area contributed by atoms with Gasteiger partial charge in [0.15, 0.2) is 5.76 Å². The molecular weight excluding hydrogens is 248 g/mol. The minimum Gasteiger partial charge on any atom is -0.355 e. The van der Waals surface area contributed by atoms with Gasteiger partial charge in [-0.05, 0) is 30.5 Å². The number of aromatic nitrogens is 1. The van der Waals surface area contributed by atoms with Crippen LogP contribution < -0.4 is 5.73 Å². The zero-order valence-corrected chi connectivity index (χ0v) is 11.5. The summed E-state index contributed by atoms with van der Waals surface area (Å²) in [6.45, 7) is 2.11. The van der Waals surface area contributed by atoms with Crippen LogP contribution in [0.2, 0.25) is 0 Å². The minimum absolute atomic E-state index is 0.201. The summed E-state index contributed by atoms with van der Waals surface area (Å²) in [5.41, 5.74) is 9.20. The third-order valence-corrected chi connectivity index (χ3v) is 3.60. The van der Waals surface area contributed by atoms with Gasteiger partial charge in [-0.15, -0.1) is 0 Å². The maximum Gasteiger partial charge on any atom is 0.174 e. The van der Waals surface area contributed by atoms with Crippen molar-refractivity contribution in [2.75, 3.05) is 0 Å². The number of fused-ring (bicyclic) bond motifs is 1. The number of nitrogens with zero attached hydrogens (tertiary/aromatic N) is 1. The summed E-state index contributed by atoms with van der Waals surface area (Å²) in [6, 6.07) is 16.5. The Morgan fingerprint density at radius 2 is 1.95 bits per heavy atom. The van der Waals surface area contributed by atoms with Crippen molar-refractivity contribution in [3.8, 4) is 11.3 Å². The fraction of sp³-hybridized carbons (Fsp3) is 0.235. The quantitative estimate of drug-likeness (QED) is 0.782. The molecule has 0 amide bonds. The molecule has 2 aromatic carbocycles. The molecule has 3 nitrogen and oxygen atoms in total. The van der Waals surface area contributed by atoms with Gasteiger partial charge in [-0.2, -0.15) is 0 Å². The molecule has 1 atom stereocenters. The van der Waals surface area contributed by atoms with Crippen molar-refractivity contribution in [1.82, 2.24) is 5.16 Å². The summed E-state index contributed by atoms with van der Waals surface area (Å²) < 4.78 is 5.51. The molecular formula is C17H18N2O.